The Bertz CT molecular complexity index is 987. The first-order valence-electron chi connectivity index (χ1n) is 10.7. The van der Waals surface area contributed by atoms with Crippen LogP contribution in [0, 0.1) is 0 Å². The number of carboxylic acid groups (broad SMARTS) is 1. The molecule has 0 aliphatic heterocycles. The molecule has 1 atom stereocenters. The molecule has 1 unspecified atom stereocenters. The number of ether oxygens (including phenoxy) is 1. The van der Waals surface area contributed by atoms with Crippen LogP contribution < -0.4 is 10.6 Å². The summed E-state index contributed by atoms with van der Waals surface area (Å²) in [6, 6.07) is 16.2. The van der Waals surface area contributed by atoms with Crippen molar-refractivity contribution in [3.05, 3.63) is 59.7 Å². The van der Waals surface area contributed by atoms with Crippen LogP contribution in [0.4, 0.5) is 4.79 Å². The minimum atomic E-state index is -1.15. The summed E-state index contributed by atoms with van der Waals surface area (Å²) in [5.74, 6) is -1.53. The number of hydrogen-bond donors (Lipinski definition) is 4. The van der Waals surface area contributed by atoms with E-state index in [0.29, 0.717) is 12.8 Å². The molecule has 2 aliphatic carbocycles. The molecule has 32 heavy (non-hydrogen) atoms. The molecule has 2 aliphatic rings. The second-order valence-corrected chi connectivity index (χ2v) is 8.46. The van der Waals surface area contributed by atoms with Gasteiger partial charge >= 0.3 is 12.1 Å². The molecule has 1 saturated carbocycles. The Morgan fingerprint density at radius 3 is 2.19 bits per heavy atom. The molecule has 0 bridgehead atoms. The topological polar surface area (TPSA) is 125 Å². The molecule has 8 heteroatoms. The van der Waals surface area contributed by atoms with Crippen LogP contribution in [0.3, 0.4) is 0 Å². The molecular weight excluding hydrogens is 412 g/mol. The van der Waals surface area contributed by atoms with Gasteiger partial charge in [0.2, 0.25) is 5.91 Å². The monoisotopic (exact) mass is 438 g/mol. The third kappa shape index (κ3) is 4.91. The summed E-state index contributed by atoms with van der Waals surface area (Å²) in [4.78, 5) is 35.2. The molecule has 2 amide bonds. The molecule has 0 saturated heterocycles. The van der Waals surface area contributed by atoms with Crippen molar-refractivity contribution in [1.29, 1.82) is 0 Å². The van der Waals surface area contributed by atoms with E-state index in [2.05, 4.69) is 22.8 Å². The second-order valence-electron chi connectivity index (χ2n) is 8.46. The van der Waals surface area contributed by atoms with E-state index in [0.717, 1.165) is 22.3 Å². The lowest BCUT2D eigenvalue weighted by molar-refractivity contribution is -0.139. The van der Waals surface area contributed by atoms with E-state index in [1.54, 1.807) is 0 Å². The molecule has 1 fully saturated rings. The van der Waals surface area contributed by atoms with Gasteiger partial charge in [0.1, 0.15) is 6.61 Å². The summed E-state index contributed by atoms with van der Waals surface area (Å²) in [6.45, 7) is 0.0513. The number of fused-ring (bicyclic) bond motifs is 3. The van der Waals surface area contributed by atoms with E-state index in [-0.39, 0.29) is 31.4 Å². The first-order chi connectivity index (χ1) is 15.4. The Kier molecular flexibility index (Phi) is 6.14. The normalized spacial score (nSPS) is 16.4. The highest BCUT2D eigenvalue weighted by atomic mass is 16.5. The zero-order chi connectivity index (χ0) is 22.7. The van der Waals surface area contributed by atoms with Gasteiger partial charge in [0, 0.05) is 18.9 Å². The SMILES string of the molecule is O=C(O)CC(O)CNC(=O)CC1(NC(=O)OCC2c3ccccc3-c3ccccc32)CC1. The predicted molar refractivity (Wildman–Crippen MR) is 116 cm³/mol. The van der Waals surface area contributed by atoms with Crippen LogP contribution in [-0.4, -0.2) is 53.0 Å². The van der Waals surface area contributed by atoms with E-state index in [1.807, 2.05) is 36.4 Å². The van der Waals surface area contributed by atoms with E-state index < -0.39 is 30.1 Å². The number of carboxylic acids is 1. The van der Waals surface area contributed by atoms with Crippen molar-refractivity contribution in [1.82, 2.24) is 10.6 Å². The van der Waals surface area contributed by atoms with Gasteiger partial charge < -0.3 is 25.6 Å². The Hall–Kier alpha value is -3.39. The maximum absolute atomic E-state index is 12.5. The summed E-state index contributed by atoms with van der Waals surface area (Å²) in [5.41, 5.74) is 3.91. The predicted octanol–water partition coefficient (Wildman–Crippen LogP) is 2.40. The van der Waals surface area contributed by atoms with Gasteiger partial charge in [-0.05, 0) is 35.1 Å². The zero-order valence-electron chi connectivity index (χ0n) is 17.5. The fourth-order valence-corrected chi connectivity index (χ4v) is 4.22. The second kappa shape index (κ2) is 9.00. The van der Waals surface area contributed by atoms with Crippen molar-refractivity contribution in [2.24, 2.45) is 0 Å². The number of nitrogens with one attached hydrogen (secondary N) is 2. The Balaban J connectivity index is 1.29. The van der Waals surface area contributed by atoms with Gasteiger partial charge in [-0.15, -0.1) is 0 Å². The highest BCUT2D eigenvalue weighted by Gasteiger charge is 2.46. The molecule has 0 aromatic heterocycles. The first kappa shape index (κ1) is 21.8. The largest absolute Gasteiger partial charge is 0.481 e. The number of aliphatic hydroxyl groups is 1. The van der Waals surface area contributed by atoms with E-state index in [1.165, 1.54) is 0 Å². The standard InChI is InChI=1S/C24H26N2O6/c27-15(11-22(29)30)13-25-21(28)12-24(9-10-24)26-23(31)32-14-20-18-7-3-1-5-16(18)17-6-2-4-8-19(17)20/h1-8,15,20,27H,9-14H2,(H,25,28)(H,26,31)(H,29,30). The van der Waals surface area contributed by atoms with E-state index in [4.69, 9.17) is 9.84 Å². The number of aliphatic hydroxyl groups excluding tert-OH is 1. The number of amides is 2. The van der Waals surface area contributed by atoms with Crippen LogP contribution in [0.2, 0.25) is 0 Å². The van der Waals surface area contributed by atoms with Gasteiger partial charge in [-0.25, -0.2) is 4.79 Å². The van der Waals surface area contributed by atoms with Gasteiger partial charge in [-0.1, -0.05) is 48.5 Å². The van der Waals surface area contributed by atoms with Gasteiger partial charge in [0.25, 0.3) is 0 Å². The Morgan fingerprint density at radius 2 is 1.62 bits per heavy atom. The smallest absolute Gasteiger partial charge is 0.407 e. The van der Waals surface area contributed by atoms with Gasteiger partial charge in [-0.3, -0.25) is 9.59 Å². The van der Waals surface area contributed by atoms with Gasteiger partial charge in [0.15, 0.2) is 0 Å². The maximum Gasteiger partial charge on any atom is 0.407 e. The summed E-state index contributed by atoms with van der Waals surface area (Å²) >= 11 is 0. The van der Waals surface area contributed by atoms with Crippen LogP contribution in [-0.2, 0) is 14.3 Å². The number of rotatable bonds is 9. The Morgan fingerprint density at radius 1 is 1.03 bits per heavy atom. The molecule has 4 N–H and O–H groups in total. The number of carbonyl (C=O) groups is 3. The zero-order valence-corrected chi connectivity index (χ0v) is 17.5. The summed E-state index contributed by atoms with van der Waals surface area (Å²) < 4.78 is 5.55. The molecule has 8 nitrogen and oxygen atoms in total. The van der Waals surface area contributed by atoms with Crippen LogP contribution in [0.5, 0.6) is 0 Å². The van der Waals surface area contributed by atoms with Crippen LogP contribution in [0.25, 0.3) is 11.1 Å². The lowest BCUT2D eigenvalue weighted by Crippen LogP contribution is -2.43. The van der Waals surface area contributed by atoms with Crippen LogP contribution >= 0.6 is 0 Å². The third-order valence-corrected chi connectivity index (χ3v) is 6.01. The van der Waals surface area contributed by atoms with Crippen molar-refractivity contribution in [3.63, 3.8) is 0 Å². The highest BCUT2D eigenvalue weighted by Crippen LogP contribution is 2.44. The van der Waals surface area contributed by atoms with Crippen molar-refractivity contribution >= 4 is 18.0 Å². The summed E-state index contributed by atoms with van der Waals surface area (Å²) in [5, 5.41) is 23.5. The highest BCUT2D eigenvalue weighted by molar-refractivity contribution is 5.80. The summed E-state index contributed by atoms with van der Waals surface area (Å²) in [6.07, 6.45) is -0.796. The minimum Gasteiger partial charge on any atom is -0.481 e. The van der Waals surface area contributed by atoms with Crippen molar-refractivity contribution < 1.29 is 29.3 Å². The van der Waals surface area contributed by atoms with Crippen molar-refractivity contribution in [3.8, 4) is 11.1 Å². The maximum atomic E-state index is 12.5. The van der Waals surface area contributed by atoms with Crippen molar-refractivity contribution in [2.45, 2.75) is 43.2 Å². The lowest BCUT2D eigenvalue weighted by Gasteiger charge is -2.19. The first-order valence-corrected chi connectivity index (χ1v) is 10.7. The third-order valence-electron chi connectivity index (χ3n) is 6.01. The number of hydrogen-bond acceptors (Lipinski definition) is 5. The number of carbonyl (C=O) groups excluding carboxylic acids is 2. The lowest BCUT2D eigenvalue weighted by atomic mass is 9.98. The quantitative estimate of drug-likeness (QED) is 0.477. The molecule has 4 rings (SSSR count). The number of aliphatic carboxylic acids is 1. The minimum absolute atomic E-state index is 0.0395. The molecule has 2 aromatic rings. The van der Waals surface area contributed by atoms with Crippen molar-refractivity contribution in [2.75, 3.05) is 13.2 Å². The molecule has 168 valence electrons. The van der Waals surface area contributed by atoms with Crippen LogP contribution in [0.1, 0.15) is 42.7 Å². The number of alkyl carbamates (subject to hydrolysis) is 1. The molecule has 0 heterocycles. The van der Waals surface area contributed by atoms with Gasteiger partial charge in [-0.2, -0.15) is 0 Å². The summed E-state index contributed by atoms with van der Waals surface area (Å²) in [7, 11) is 0. The molecule has 0 radical (unpaired) electrons. The average Bonchev–Trinajstić information content (AvgIpc) is 3.42. The van der Waals surface area contributed by atoms with E-state index in [9.17, 15) is 19.5 Å². The fraction of sp³-hybridized carbons (Fsp3) is 0.375. The van der Waals surface area contributed by atoms with Crippen LogP contribution in [0.15, 0.2) is 48.5 Å². The molecular formula is C24H26N2O6. The molecule has 2 aromatic carbocycles. The van der Waals surface area contributed by atoms with E-state index >= 15 is 0 Å². The molecule has 0 spiro atoms. The van der Waals surface area contributed by atoms with Gasteiger partial charge in [0.05, 0.1) is 18.1 Å². The average molecular weight is 438 g/mol. The Labute approximate surface area is 185 Å². The number of benzene rings is 2. The fourth-order valence-electron chi connectivity index (χ4n) is 4.22.